The molecule has 1 amide bonds. The monoisotopic (exact) mass is 538 g/mol. The highest BCUT2D eigenvalue weighted by atomic mass is 28.3. The van der Waals surface area contributed by atoms with Gasteiger partial charge in [-0.15, -0.1) is 0 Å². The fraction of sp³-hybridized carbons (Fsp3) is 0.571. The number of aromatic nitrogens is 4. The SMILES string of the molecule is CN(C(=O)OC(C)(C)C)[C@H]1CCCN(c2ccnc3c2c(-c2cncnc2)cn3COCC[Si](C)(C)C)C1. The molecule has 1 aliphatic rings. The van der Waals surface area contributed by atoms with Gasteiger partial charge in [0.1, 0.15) is 24.3 Å². The summed E-state index contributed by atoms with van der Waals surface area (Å²) in [4.78, 5) is 30.2. The predicted molar refractivity (Wildman–Crippen MR) is 154 cm³/mol. The Bertz CT molecular complexity index is 1240. The molecule has 4 rings (SSSR count). The Hall–Kier alpha value is -2.98. The molecule has 0 unspecified atom stereocenters. The van der Waals surface area contributed by atoms with E-state index in [1.54, 1.807) is 11.2 Å². The van der Waals surface area contributed by atoms with Crippen LogP contribution < -0.4 is 4.90 Å². The lowest BCUT2D eigenvalue weighted by molar-refractivity contribution is 0.0210. The van der Waals surface area contributed by atoms with Crippen LogP contribution in [0.5, 0.6) is 0 Å². The summed E-state index contributed by atoms with van der Waals surface area (Å²) >= 11 is 0. The Labute approximate surface area is 227 Å². The maximum Gasteiger partial charge on any atom is 0.410 e. The molecule has 0 spiro atoms. The Morgan fingerprint density at radius 2 is 1.95 bits per heavy atom. The minimum atomic E-state index is -1.18. The number of nitrogens with zero attached hydrogens (tertiary/aromatic N) is 6. The molecule has 10 heteroatoms. The Balaban J connectivity index is 1.65. The van der Waals surface area contributed by atoms with Crippen molar-refractivity contribution in [3.8, 4) is 11.1 Å². The topological polar surface area (TPSA) is 85.6 Å². The van der Waals surface area contributed by atoms with Gasteiger partial charge in [0.2, 0.25) is 0 Å². The molecule has 0 aromatic carbocycles. The molecule has 3 aromatic rings. The fourth-order valence-corrected chi connectivity index (χ4v) is 5.49. The third kappa shape index (κ3) is 6.90. The van der Waals surface area contributed by atoms with Gasteiger partial charge >= 0.3 is 6.09 Å². The van der Waals surface area contributed by atoms with Crippen LogP contribution in [-0.2, 0) is 16.2 Å². The van der Waals surface area contributed by atoms with Crippen LogP contribution in [0, 0.1) is 0 Å². The zero-order valence-corrected chi connectivity index (χ0v) is 24.9. The van der Waals surface area contributed by atoms with E-state index in [1.807, 2.05) is 46.4 Å². The van der Waals surface area contributed by atoms with E-state index in [2.05, 4.69) is 51.3 Å². The second-order valence-corrected chi connectivity index (χ2v) is 18.0. The standard InChI is InChI=1S/C28H42N6O3Si/c1-28(2,3)37-27(35)32(4)22-9-8-12-33(17-22)24-10-11-31-26-25(24)23(21-15-29-19-30-16-21)18-34(26)20-36-13-14-38(5,6)7/h10-11,15-16,18-19,22H,8-9,12-14,17,20H2,1-7H3/t22-/m0/s1. The number of hydrogen-bond donors (Lipinski definition) is 0. The normalized spacial score (nSPS) is 16.6. The summed E-state index contributed by atoms with van der Waals surface area (Å²) in [6.45, 7) is 15.6. The Kier molecular flexibility index (Phi) is 8.42. The number of fused-ring (bicyclic) bond motifs is 1. The number of likely N-dealkylation sites (N-methyl/N-ethyl adjacent to an activating group) is 1. The summed E-state index contributed by atoms with van der Waals surface area (Å²) in [6, 6.07) is 3.24. The van der Waals surface area contributed by atoms with Crippen molar-refractivity contribution in [1.29, 1.82) is 0 Å². The van der Waals surface area contributed by atoms with Crippen molar-refractivity contribution in [1.82, 2.24) is 24.4 Å². The van der Waals surface area contributed by atoms with Gasteiger partial charge in [0.05, 0.1) is 17.1 Å². The van der Waals surface area contributed by atoms with Gasteiger partial charge in [-0.1, -0.05) is 19.6 Å². The van der Waals surface area contributed by atoms with Crippen molar-refractivity contribution in [3.63, 3.8) is 0 Å². The molecule has 0 aliphatic carbocycles. The predicted octanol–water partition coefficient (Wildman–Crippen LogP) is 5.64. The molecule has 1 saturated heterocycles. The average Bonchev–Trinajstić information content (AvgIpc) is 3.24. The number of hydrogen-bond acceptors (Lipinski definition) is 7. The number of pyridine rings is 1. The van der Waals surface area contributed by atoms with Crippen LogP contribution in [0.4, 0.5) is 10.5 Å². The first-order chi connectivity index (χ1) is 17.9. The lowest BCUT2D eigenvalue weighted by atomic mass is 10.0. The summed E-state index contributed by atoms with van der Waals surface area (Å²) in [7, 11) is 0.663. The number of anilines is 1. The molecule has 0 radical (unpaired) electrons. The molecule has 38 heavy (non-hydrogen) atoms. The molecular weight excluding hydrogens is 496 g/mol. The summed E-state index contributed by atoms with van der Waals surface area (Å²) in [5.74, 6) is 0. The molecular formula is C28H42N6O3Si. The first-order valence-electron chi connectivity index (χ1n) is 13.4. The molecule has 1 aliphatic heterocycles. The van der Waals surface area contributed by atoms with Crippen molar-refractivity contribution >= 4 is 30.9 Å². The minimum absolute atomic E-state index is 0.0531. The molecule has 3 aromatic heterocycles. The van der Waals surface area contributed by atoms with Crippen LogP contribution in [0.25, 0.3) is 22.2 Å². The molecule has 4 heterocycles. The van der Waals surface area contributed by atoms with Crippen molar-refractivity contribution in [2.45, 2.75) is 77.7 Å². The van der Waals surface area contributed by atoms with Crippen molar-refractivity contribution < 1.29 is 14.3 Å². The van der Waals surface area contributed by atoms with Gasteiger partial charge in [0.15, 0.2) is 0 Å². The quantitative estimate of drug-likeness (QED) is 0.271. The van der Waals surface area contributed by atoms with Crippen LogP contribution in [0.2, 0.25) is 25.7 Å². The van der Waals surface area contributed by atoms with Gasteiger partial charge in [0, 0.05) is 70.7 Å². The highest BCUT2D eigenvalue weighted by molar-refractivity contribution is 6.76. The maximum atomic E-state index is 12.8. The van der Waals surface area contributed by atoms with Crippen LogP contribution in [0.15, 0.2) is 37.2 Å². The highest BCUT2D eigenvalue weighted by Gasteiger charge is 2.30. The summed E-state index contributed by atoms with van der Waals surface area (Å²) in [6.07, 6.45) is 10.8. The largest absolute Gasteiger partial charge is 0.444 e. The zero-order chi connectivity index (χ0) is 27.5. The third-order valence-corrected chi connectivity index (χ3v) is 8.50. The molecule has 9 nitrogen and oxygen atoms in total. The number of amides is 1. The summed E-state index contributed by atoms with van der Waals surface area (Å²) < 4.78 is 13.8. The first kappa shape index (κ1) is 28.0. The van der Waals surface area contributed by atoms with Crippen molar-refractivity contribution in [2.75, 3.05) is 31.6 Å². The summed E-state index contributed by atoms with van der Waals surface area (Å²) in [5.41, 5.74) is 3.41. The van der Waals surface area contributed by atoms with Crippen molar-refractivity contribution in [3.05, 3.63) is 37.2 Å². The summed E-state index contributed by atoms with van der Waals surface area (Å²) in [5, 5.41) is 1.05. The van der Waals surface area contributed by atoms with Crippen LogP contribution >= 0.6 is 0 Å². The van der Waals surface area contributed by atoms with Gasteiger partial charge in [-0.05, 0) is 45.7 Å². The van der Waals surface area contributed by atoms with Crippen LogP contribution in [0.3, 0.4) is 0 Å². The highest BCUT2D eigenvalue weighted by Crippen LogP contribution is 2.37. The van der Waals surface area contributed by atoms with E-state index in [9.17, 15) is 4.79 Å². The number of carbonyl (C=O) groups excluding carboxylic acids is 1. The number of carbonyl (C=O) groups is 1. The molecule has 0 bridgehead atoms. The van der Waals surface area contributed by atoms with E-state index in [0.29, 0.717) is 6.73 Å². The van der Waals surface area contributed by atoms with Gasteiger partial charge in [0.25, 0.3) is 0 Å². The van der Waals surface area contributed by atoms with E-state index in [4.69, 9.17) is 14.5 Å². The first-order valence-corrected chi connectivity index (χ1v) is 17.2. The Morgan fingerprint density at radius 3 is 2.63 bits per heavy atom. The van der Waals surface area contributed by atoms with Crippen LogP contribution in [-0.4, -0.2) is 77.0 Å². The van der Waals surface area contributed by atoms with Gasteiger partial charge in [-0.25, -0.2) is 19.7 Å². The van der Waals surface area contributed by atoms with E-state index in [1.165, 1.54) is 0 Å². The van der Waals surface area contributed by atoms with E-state index in [-0.39, 0.29) is 12.1 Å². The second-order valence-electron chi connectivity index (χ2n) is 12.3. The average molecular weight is 539 g/mol. The number of ether oxygens (including phenoxy) is 2. The second kappa shape index (κ2) is 11.4. The molecule has 0 N–H and O–H groups in total. The lowest BCUT2D eigenvalue weighted by Crippen LogP contribution is -2.49. The van der Waals surface area contributed by atoms with Crippen molar-refractivity contribution in [2.24, 2.45) is 0 Å². The fourth-order valence-electron chi connectivity index (χ4n) is 4.73. The van der Waals surface area contributed by atoms with Gasteiger partial charge in [-0.3, -0.25) is 0 Å². The maximum absolute atomic E-state index is 12.8. The third-order valence-electron chi connectivity index (χ3n) is 6.80. The number of piperidine rings is 1. The van der Waals surface area contributed by atoms with Gasteiger partial charge in [-0.2, -0.15) is 0 Å². The number of rotatable bonds is 8. The zero-order valence-electron chi connectivity index (χ0n) is 23.9. The van der Waals surface area contributed by atoms with Gasteiger partial charge < -0.3 is 23.8 Å². The smallest absolute Gasteiger partial charge is 0.410 e. The lowest BCUT2D eigenvalue weighted by Gasteiger charge is -2.39. The molecule has 206 valence electrons. The Morgan fingerprint density at radius 1 is 1.21 bits per heavy atom. The minimum Gasteiger partial charge on any atom is -0.444 e. The van der Waals surface area contributed by atoms with E-state index in [0.717, 1.165) is 66.4 Å². The molecule has 1 atom stereocenters. The van der Waals surface area contributed by atoms with E-state index < -0.39 is 13.7 Å². The van der Waals surface area contributed by atoms with E-state index >= 15 is 0 Å². The molecule has 1 fully saturated rings. The van der Waals surface area contributed by atoms with Crippen LogP contribution in [0.1, 0.15) is 33.6 Å². The molecule has 0 saturated carbocycles.